The Bertz CT molecular complexity index is 357. The van der Waals surface area contributed by atoms with Gasteiger partial charge < -0.3 is 0 Å². The molecule has 1 aliphatic heterocycles. The molecule has 3 aliphatic rings. The van der Waals surface area contributed by atoms with Gasteiger partial charge in [-0.2, -0.15) is 15.5 Å². The van der Waals surface area contributed by atoms with E-state index in [4.69, 9.17) is 0 Å². The Balaban J connectivity index is 1.84. The average Bonchev–Trinajstić information content (AvgIpc) is 2.41. The largest absolute Gasteiger partial charge is 0.198 e. The summed E-state index contributed by atoms with van der Waals surface area (Å²) in [5.74, 6) is 1.37. The number of rotatable bonds is 0. The SMILES string of the molecule is N#CC1CC2CCCCC2N=NC2CCCCC12. The van der Waals surface area contributed by atoms with Crippen LogP contribution in [0, 0.1) is 29.1 Å². The lowest BCUT2D eigenvalue weighted by atomic mass is 9.70. The summed E-state index contributed by atoms with van der Waals surface area (Å²) in [6.45, 7) is 0. The number of nitrogens with zero attached hydrogens (tertiary/aromatic N) is 3. The van der Waals surface area contributed by atoms with Gasteiger partial charge in [0.1, 0.15) is 0 Å². The van der Waals surface area contributed by atoms with Gasteiger partial charge in [-0.1, -0.05) is 25.7 Å². The smallest absolute Gasteiger partial charge is 0.0749 e. The van der Waals surface area contributed by atoms with Crippen molar-refractivity contribution in [3.63, 3.8) is 0 Å². The van der Waals surface area contributed by atoms with Crippen LogP contribution in [0.4, 0.5) is 0 Å². The Morgan fingerprint density at radius 1 is 0.833 bits per heavy atom. The molecular formula is C15H23N3. The monoisotopic (exact) mass is 245 g/mol. The van der Waals surface area contributed by atoms with E-state index >= 15 is 0 Å². The molecule has 0 N–H and O–H groups in total. The first-order valence-corrected chi connectivity index (χ1v) is 7.68. The molecule has 0 aromatic rings. The molecule has 2 fully saturated rings. The van der Waals surface area contributed by atoms with E-state index in [0.29, 0.717) is 23.9 Å². The van der Waals surface area contributed by atoms with E-state index in [0.717, 1.165) is 12.8 Å². The predicted molar refractivity (Wildman–Crippen MR) is 70.1 cm³/mol. The summed E-state index contributed by atoms with van der Waals surface area (Å²) in [5, 5.41) is 18.9. The average molecular weight is 245 g/mol. The summed E-state index contributed by atoms with van der Waals surface area (Å²) < 4.78 is 0. The fourth-order valence-corrected chi connectivity index (χ4v) is 4.19. The van der Waals surface area contributed by atoms with Crippen molar-refractivity contribution in [3.8, 4) is 6.07 Å². The Morgan fingerprint density at radius 3 is 2.33 bits per heavy atom. The molecular weight excluding hydrogens is 222 g/mol. The maximum atomic E-state index is 9.51. The highest BCUT2D eigenvalue weighted by Crippen LogP contribution is 2.41. The Kier molecular flexibility index (Phi) is 3.63. The molecule has 5 unspecified atom stereocenters. The van der Waals surface area contributed by atoms with Crippen LogP contribution in [0.1, 0.15) is 57.8 Å². The van der Waals surface area contributed by atoms with Gasteiger partial charge in [0, 0.05) is 0 Å². The van der Waals surface area contributed by atoms with E-state index in [-0.39, 0.29) is 5.92 Å². The molecule has 2 saturated carbocycles. The van der Waals surface area contributed by atoms with Crippen molar-refractivity contribution in [2.24, 2.45) is 28.0 Å². The first-order chi connectivity index (χ1) is 8.88. The van der Waals surface area contributed by atoms with E-state index in [1.165, 1.54) is 44.9 Å². The van der Waals surface area contributed by atoms with E-state index in [1.807, 2.05) is 0 Å². The highest BCUT2D eigenvalue weighted by atomic mass is 15.1. The Labute approximate surface area is 110 Å². The molecule has 0 aromatic carbocycles. The van der Waals surface area contributed by atoms with Crippen LogP contribution in [0.15, 0.2) is 10.2 Å². The summed E-state index contributed by atoms with van der Waals surface area (Å²) in [5.41, 5.74) is 0. The maximum absolute atomic E-state index is 9.51. The summed E-state index contributed by atoms with van der Waals surface area (Å²) in [4.78, 5) is 0. The van der Waals surface area contributed by atoms with Crippen LogP contribution < -0.4 is 0 Å². The molecule has 98 valence electrons. The molecule has 5 atom stereocenters. The second-order valence-electron chi connectivity index (χ2n) is 6.33. The van der Waals surface area contributed by atoms with Crippen LogP contribution in [-0.4, -0.2) is 12.1 Å². The second-order valence-corrected chi connectivity index (χ2v) is 6.33. The number of hydrogen-bond acceptors (Lipinski definition) is 3. The van der Waals surface area contributed by atoms with Crippen LogP contribution in [-0.2, 0) is 0 Å². The maximum Gasteiger partial charge on any atom is 0.0749 e. The highest BCUT2D eigenvalue weighted by molar-refractivity contribution is 4.99. The third kappa shape index (κ3) is 2.30. The van der Waals surface area contributed by atoms with Gasteiger partial charge >= 0.3 is 0 Å². The molecule has 0 radical (unpaired) electrons. The highest BCUT2D eigenvalue weighted by Gasteiger charge is 2.38. The number of fused-ring (bicyclic) bond motifs is 2. The number of azo groups is 1. The summed E-state index contributed by atoms with van der Waals surface area (Å²) in [7, 11) is 0. The third-order valence-electron chi connectivity index (χ3n) is 5.25. The fraction of sp³-hybridized carbons (Fsp3) is 0.933. The molecule has 0 spiro atoms. The van der Waals surface area contributed by atoms with Gasteiger partial charge in [-0.25, -0.2) is 0 Å². The molecule has 3 heteroatoms. The topological polar surface area (TPSA) is 48.5 Å². The molecule has 0 bridgehead atoms. The number of nitriles is 1. The summed E-state index contributed by atoms with van der Waals surface area (Å²) in [6.07, 6.45) is 11.1. The van der Waals surface area contributed by atoms with Crippen molar-refractivity contribution in [2.75, 3.05) is 0 Å². The molecule has 18 heavy (non-hydrogen) atoms. The van der Waals surface area contributed by atoms with Gasteiger partial charge in [-0.15, -0.1) is 0 Å². The zero-order valence-electron chi connectivity index (χ0n) is 11.1. The van der Waals surface area contributed by atoms with Crippen molar-refractivity contribution in [3.05, 3.63) is 0 Å². The van der Waals surface area contributed by atoms with Gasteiger partial charge in [0.15, 0.2) is 0 Å². The van der Waals surface area contributed by atoms with Crippen LogP contribution in [0.5, 0.6) is 0 Å². The van der Waals surface area contributed by atoms with Crippen LogP contribution >= 0.6 is 0 Å². The second kappa shape index (κ2) is 5.38. The van der Waals surface area contributed by atoms with Gasteiger partial charge in [0.2, 0.25) is 0 Å². The first-order valence-electron chi connectivity index (χ1n) is 7.68. The lowest BCUT2D eigenvalue weighted by Gasteiger charge is -2.38. The van der Waals surface area contributed by atoms with Gasteiger partial charge in [-0.05, 0) is 43.9 Å². The molecule has 2 aliphatic carbocycles. The molecule has 1 heterocycles. The summed E-state index contributed by atoms with van der Waals surface area (Å²) in [6, 6.07) is 3.38. The van der Waals surface area contributed by atoms with Crippen molar-refractivity contribution < 1.29 is 0 Å². The normalized spacial score (nSPS) is 44.1. The van der Waals surface area contributed by atoms with Crippen molar-refractivity contribution in [1.29, 1.82) is 5.26 Å². The Morgan fingerprint density at radius 2 is 1.50 bits per heavy atom. The standard InChI is InChI=1S/C15H23N3/c16-10-12-9-11-5-1-3-7-14(11)17-18-15-8-4-2-6-13(12)15/h11-15H,1-9H2. The zero-order chi connectivity index (χ0) is 12.4. The van der Waals surface area contributed by atoms with E-state index < -0.39 is 0 Å². The van der Waals surface area contributed by atoms with Crippen LogP contribution in [0.2, 0.25) is 0 Å². The minimum atomic E-state index is 0.236. The zero-order valence-corrected chi connectivity index (χ0v) is 11.1. The minimum absolute atomic E-state index is 0.236. The Hall–Kier alpha value is -0.910. The molecule has 3 rings (SSSR count). The quantitative estimate of drug-likeness (QED) is 0.633. The molecule has 0 aromatic heterocycles. The van der Waals surface area contributed by atoms with E-state index in [1.54, 1.807) is 0 Å². The van der Waals surface area contributed by atoms with Crippen molar-refractivity contribution >= 4 is 0 Å². The summed E-state index contributed by atoms with van der Waals surface area (Å²) >= 11 is 0. The minimum Gasteiger partial charge on any atom is -0.198 e. The fourth-order valence-electron chi connectivity index (χ4n) is 4.19. The number of hydrogen-bond donors (Lipinski definition) is 0. The van der Waals surface area contributed by atoms with Crippen LogP contribution in [0.3, 0.4) is 0 Å². The van der Waals surface area contributed by atoms with Crippen molar-refractivity contribution in [1.82, 2.24) is 0 Å². The first kappa shape index (κ1) is 12.1. The lowest BCUT2D eigenvalue weighted by molar-refractivity contribution is 0.166. The van der Waals surface area contributed by atoms with E-state index in [9.17, 15) is 5.26 Å². The molecule has 3 nitrogen and oxygen atoms in total. The lowest BCUT2D eigenvalue weighted by Crippen LogP contribution is -2.35. The van der Waals surface area contributed by atoms with E-state index in [2.05, 4.69) is 16.3 Å². The third-order valence-corrected chi connectivity index (χ3v) is 5.25. The molecule has 0 saturated heterocycles. The van der Waals surface area contributed by atoms with Crippen LogP contribution in [0.25, 0.3) is 0 Å². The molecule has 0 amide bonds. The van der Waals surface area contributed by atoms with Gasteiger partial charge in [0.25, 0.3) is 0 Å². The van der Waals surface area contributed by atoms with Crippen molar-refractivity contribution in [2.45, 2.75) is 69.9 Å². The van der Waals surface area contributed by atoms with Gasteiger partial charge in [-0.3, -0.25) is 0 Å². The predicted octanol–water partition coefficient (Wildman–Crippen LogP) is 4.10. The van der Waals surface area contributed by atoms with Gasteiger partial charge in [0.05, 0.1) is 24.1 Å².